The predicted octanol–water partition coefficient (Wildman–Crippen LogP) is 8.81. The van der Waals surface area contributed by atoms with Gasteiger partial charge in [-0.25, -0.2) is 0 Å². The average molecular weight is 678 g/mol. The van der Waals surface area contributed by atoms with Crippen molar-refractivity contribution in [2.45, 2.75) is 99.8 Å². The molecule has 0 spiro atoms. The Morgan fingerprint density at radius 3 is 2.38 bits per heavy atom. The number of guanidine groups is 1. The average Bonchev–Trinajstić information content (AvgIpc) is 2.95. The summed E-state index contributed by atoms with van der Waals surface area (Å²) in [4.78, 5) is 13.1. The van der Waals surface area contributed by atoms with Crippen LogP contribution in [0.15, 0.2) is 56.2 Å². The van der Waals surface area contributed by atoms with Crippen LogP contribution in [-0.2, 0) is 4.79 Å². The van der Waals surface area contributed by atoms with Crippen molar-refractivity contribution in [1.29, 1.82) is 0 Å². The van der Waals surface area contributed by atoms with E-state index in [0.29, 0.717) is 23.7 Å². The third-order valence-electron chi connectivity index (χ3n) is 14.5. The maximum atomic E-state index is 13.1. The SMILES string of the molecule is C[C@H]1[C@H](C)CC[C@]2(C(=O)O)CC[C@]3(C)C(=CC[C@@H]4[C@@]5(C)CC(=C\c6ccccc6Br)/C(=N\N=C(N)N)C(C)(C)[C@@H]5CC[C@]43C)[C@H]12. The smallest absolute Gasteiger partial charge is 0.310 e. The third-order valence-corrected chi connectivity index (χ3v) is 15.3. The minimum atomic E-state index is -0.621. The summed E-state index contributed by atoms with van der Waals surface area (Å²) in [7, 11) is 0. The molecule has 0 aromatic heterocycles. The number of allylic oxidation sites excluding steroid dienone is 3. The monoisotopic (exact) mass is 676 g/mol. The van der Waals surface area contributed by atoms with Crippen molar-refractivity contribution in [3.63, 3.8) is 0 Å². The van der Waals surface area contributed by atoms with Gasteiger partial charge in [-0.1, -0.05) is 94.2 Å². The summed E-state index contributed by atoms with van der Waals surface area (Å²) >= 11 is 3.77. The molecule has 4 saturated carbocycles. The van der Waals surface area contributed by atoms with Crippen LogP contribution in [0.3, 0.4) is 0 Å². The quantitative estimate of drug-likeness (QED) is 0.128. The lowest BCUT2D eigenvalue weighted by Crippen LogP contribution is -2.65. The van der Waals surface area contributed by atoms with Gasteiger partial charge in [0.25, 0.3) is 0 Å². The number of nitrogens with two attached hydrogens (primary N) is 2. The molecule has 0 amide bonds. The summed E-state index contributed by atoms with van der Waals surface area (Å²) in [6.07, 6.45) is 12.5. The van der Waals surface area contributed by atoms with Gasteiger partial charge in [0.05, 0.1) is 11.1 Å². The molecule has 6 nitrogen and oxygen atoms in total. The first kappa shape index (κ1) is 32.5. The van der Waals surface area contributed by atoms with Gasteiger partial charge in [-0.15, -0.1) is 5.10 Å². The van der Waals surface area contributed by atoms with Gasteiger partial charge in [0.1, 0.15) is 0 Å². The molecule has 244 valence electrons. The zero-order valence-corrected chi connectivity index (χ0v) is 29.9. The molecular weight excluding hydrogens is 624 g/mol. The fourth-order valence-corrected chi connectivity index (χ4v) is 12.3. The molecule has 4 fully saturated rings. The molecule has 1 aromatic rings. The fourth-order valence-electron chi connectivity index (χ4n) is 11.9. The van der Waals surface area contributed by atoms with Gasteiger partial charge in [0.2, 0.25) is 5.96 Å². The summed E-state index contributed by atoms with van der Waals surface area (Å²) in [6.45, 7) is 17.0. The number of carboxylic acid groups (broad SMARTS) is 1. The Kier molecular flexibility index (Phi) is 7.82. The van der Waals surface area contributed by atoms with Crippen molar-refractivity contribution in [1.82, 2.24) is 0 Å². The maximum absolute atomic E-state index is 13.1. The molecule has 0 saturated heterocycles. The van der Waals surface area contributed by atoms with Crippen molar-refractivity contribution in [2.75, 3.05) is 0 Å². The maximum Gasteiger partial charge on any atom is 0.310 e. The van der Waals surface area contributed by atoms with E-state index in [1.807, 2.05) is 6.07 Å². The van der Waals surface area contributed by atoms with E-state index in [9.17, 15) is 9.90 Å². The summed E-state index contributed by atoms with van der Waals surface area (Å²) in [6, 6.07) is 8.33. The number of hydrogen-bond acceptors (Lipinski definition) is 3. The van der Waals surface area contributed by atoms with Crippen LogP contribution in [0.2, 0.25) is 0 Å². The fraction of sp³-hybridized carbons (Fsp3) is 0.658. The Balaban J connectivity index is 1.49. The molecule has 0 radical (unpaired) electrons. The largest absolute Gasteiger partial charge is 0.481 e. The van der Waals surface area contributed by atoms with Gasteiger partial charge in [0.15, 0.2) is 0 Å². The van der Waals surface area contributed by atoms with E-state index in [4.69, 9.17) is 16.6 Å². The van der Waals surface area contributed by atoms with E-state index in [1.54, 1.807) is 0 Å². The first-order valence-electron chi connectivity index (χ1n) is 17.1. The molecular formula is C38H53BrN4O2. The predicted molar refractivity (Wildman–Crippen MR) is 187 cm³/mol. The number of nitrogens with zero attached hydrogens (tertiary/aromatic N) is 2. The topological polar surface area (TPSA) is 114 Å². The lowest BCUT2D eigenvalue weighted by atomic mass is 9.33. The van der Waals surface area contributed by atoms with E-state index in [0.717, 1.165) is 67.1 Å². The number of carbonyl (C=O) groups is 1. The number of fused-ring (bicyclic) bond motifs is 7. The Hall–Kier alpha value is -2.41. The first-order valence-corrected chi connectivity index (χ1v) is 17.9. The Morgan fingerprint density at radius 1 is 1.00 bits per heavy atom. The van der Waals surface area contributed by atoms with Gasteiger partial charge in [-0.05, 0) is 120 Å². The standard InChI is InChI=1S/C38H53BrN4O2/c1-22-14-17-38(32(44)45)19-18-36(6)26(30(38)23(22)2)12-13-29-35(5)21-25(20-24-10-8-9-11-27(24)39)31(42-43-33(40)41)34(3,4)28(35)15-16-37(29,36)7/h8-12,20,22-23,28-30H,13-19,21H2,1-7H3,(H,44,45)(H4,40,41,43)/b25-20+,42-31+/t22-,23+,28+,29-,30+,35+,36-,37-,38+/m1/s1. The second-order valence-corrected chi connectivity index (χ2v) is 17.5. The van der Waals surface area contributed by atoms with Gasteiger partial charge in [0, 0.05) is 9.89 Å². The Labute approximate surface area is 278 Å². The number of carboxylic acids is 1. The molecule has 9 atom stereocenters. The van der Waals surface area contributed by atoms with Crippen molar-refractivity contribution in [2.24, 2.45) is 78.3 Å². The number of aliphatic carboxylic acids is 1. The van der Waals surface area contributed by atoms with Crippen LogP contribution in [0, 0.1) is 56.7 Å². The van der Waals surface area contributed by atoms with Crippen LogP contribution in [0.4, 0.5) is 0 Å². The molecule has 5 aliphatic carbocycles. The normalized spacial score (nSPS) is 43.7. The van der Waals surface area contributed by atoms with Crippen molar-refractivity contribution in [3.8, 4) is 0 Å². The number of rotatable bonds is 3. The van der Waals surface area contributed by atoms with E-state index in [1.165, 1.54) is 11.1 Å². The van der Waals surface area contributed by atoms with Gasteiger partial charge >= 0.3 is 5.97 Å². The first-order chi connectivity index (χ1) is 21.0. The lowest BCUT2D eigenvalue weighted by Gasteiger charge is -2.71. The second kappa shape index (κ2) is 10.8. The lowest BCUT2D eigenvalue weighted by molar-refractivity contribution is -0.179. The van der Waals surface area contributed by atoms with Gasteiger partial charge in [-0.3, -0.25) is 4.79 Å². The summed E-state index contributed by atoms with van der Waals surface area (Å²) in [5.41, 5.74) is 15.6. The van der Waals surface area contributed by atoms with Crippen LogP contribution < -0.4 is 11.5 Å². The molecule has 45 heavy (non-hydrogen) atoms. The second-order valence-electron chi connectivity index (χ2n) is 16.7. The molecule has 0 bridgehead atoms. The minimum absolute atomic E-state index is 0.0123. The van der Waals surface area contributed by atoms with E-state index in [-0.39, 0.29) is 33.5 Å². The van der Waals surface area contributed by atoms with Crippen molar-refractivity contribution < 1.29 is 9.90 Å². The highest BCUT2D eigenvalue weighted by atomic mass is 79.9. The highest BCUT2D eigenvalue weighted by Crippen LogP contribution is 2.76. The van der Waals surface area contributed by atoms with Gasteiger partial charge < -0.3 is 16.6 Å². The molecule has 5 aliphatic rings. The molecule has 0 unspecified atom stereocenters. The van der Waals surface area contributed by atoms with Crippen LogP contribution in [0.1, 0.15) is 105 Å². The molecule has 7 heteroatoms. The molecule has 6 rings (SSSR count). The van der Waals surface area contributed by atoms with E-state index >= 15 is 0 Å². The summed E-state index contributed by atoms with van der Waals surface area (Å²) in [5, 5.41) is 19.7. The number of hydrogen-bond donors (Lipinski definition) is 3. The van der Waals surface area contributed by atoms with Crippen LogP contribution in [0.5, 0.6) is 0 Å². The number of benzene rings is 1. The zero-order valence-electron chi connectivity index (χ0n) is 28.3. The van der Waals surface area contributed by atoms with Crippen LogP contribution >= 0.6 is 15.9 Å². The summed E-state index contributed by atoms with van der Waals surface area (Å²) < 4.78 is 1.05. The number of halogens is 1. The third kappa shape index (κ3) is 4.56. The Bertz CT molecular complexity index is 1520. The van der Waals surface area contributed by atoms with E-state index < -0.39 is 11.4 Å². The van der Waals surface area contributed by atoms with Crippen molar-refractivity contribution in [3.05, 3.63) is 51.5 Å². The summed E-state index contributed by atoms with van der Waals surface area (Å²) in [5.74, 6) is 1.29. The molecule has 0 aliphatic heterocycles. The highest BCUT2D eigenvalue weighted by molar-refractivity contribution is 9.10. The van der Waals surface area contributed by atoms with Gasteiger partial charge in [-0.2, -0.15) is 5.10 Å². The van der Waals surface area contributed by atoms with Crippen LogP contribution in [-0.4, -0.2) is 22.7 Å². The molecule has 1 aromatic carbocycles. The van der Waals surface area contributed by atoms with Crippen molar-refractivity contribution >= 4 is 39.6 Å². The van der Waals surface area contributed by atoms with Crippen LogP contribution in [0.25, 0.3) is 6.08 Å². The van der Waals surface area contributed by atoms with E-state index in [2.05, 4.69) is 99.8 Å². The molecule has 5 N–H and O–H groups in total. The Morgan fingerprint density at radius 2 is 1.71 bits per heavy atom. The zero-order chi connectivity index (χ0) is 32.7. The minimum Gasteiger partial charge on any atom is -0.481 e. The molecule has 0 heterocycles. The highest BCUT2D eigenvalue weighted by Gasteiger charge is 2.69.